The van der Waals surface area contributed by atoms with Gasteiger partial charge in [-0.25, -0.2) is 0 Å². The van der Waals surface area contributed by atoms with Gasteiger partial charge in [-0.3, -0.25) is 9.45 Å². The van der Waals surface area contributed by atoms with Crippen LogP contribution in [0.2, 0.25) is 0 Å². The van der Waals surface area contributed by atoms with E-state index < -0.39 is 41.4 Å². The average Bonchev–Trinajstić information content (AvgIpc) is 2.26. The fourth-order valence-electron chi connectivity index (χ4n) is 1.35. The predicted molar refractivity (Wildman–Crippen MR) is 58.8 cm³/mol. The van der Waals surface area contributed by atoms with Crippen LogP contribution in [-0.2, 0) is 10.1 Å². The van der Waals surface area contributed by atoms with E-state index in [4.69, 9.17) is 25.0 Å². The Morgan fingerprint density at radius 3 is 1.76 bits per heavy atom. The van der Waals surface area contributed by atoms with E-state index in [-0.39, 0.29) is 19.6 Å². The lowest BCUT2D eigenvalue weighted by atomic mass is 10.0. The third-order valence-electron chi connectivity index (χ3n) is 2.46. The molecule has 0 aliphatic carbocycles. The Morgan fingerprint density at radius 1 is 1.00 bits per heavy atom. The molecule has 0 aromatic heterocycles. The third kappa shape index (κ3) is 5.25. The number of hydrogen-bond donors (Lipinski definition) is 5. The SMILES string of the molecule is O=S(=O)(O)CN(CCCO)C(CO)(CO)CO. The lowest BCUT2D eigenvalue weighted by Gasteiger charge is -2.39. The maximum atomic E-state index is 10.8. The normalized spacial score (nSPS) is 13.3. The van der Waals surface area contributed by atoms with Gasteiger partial charge in [0.15, 0.2) is 0 Å². The molecule has 0 bridgehead atoms. The Hall–Kier alpha value is -0.290. The maximum absolute atomic E-state index is 10.8. The quantitative estimate of drug-likeness (QED) is 0.285. The summed E-state index contributed by atoms with van der Waals surface area (Å²) in [5, 5.41) is 36.1. The van der Waals surface area contributed by atoms with Crippen molar-refractivity contribution in [2.24, 2.45) is 0 Å². The van der Waals surface area contributed by atoms with Gasteiger partial charge in [-0.2, -0.15) is 8.42 Å². The van der Waals surface area contributed by atoms with E-state index in [2.05, 4.69) is 0 Å². The zero-order valence-electron chi connectivity index (χ0n) is 9.36. The van der Waals surface area contributed by atoms with Gasteiger partial charge in [0.25, 0.3) is 10.1 Å². The highest BCUT2D eigenvalue weighted by Crippen LogP contribution is 2.15. The van der Waals surface area contributed by atoms with Gasteiger partial charge in [0, 0.05) is 13.2 Å². The fraction of sp³-hybridized carbons (Fsp3) is 1.00. The second kappa shape index (κ2) is 7.21. The Morgan fingerprint density at radius 2 is 1.47 bits per heavy atom. The van der Waals surface area contributed by atoms with E-state index >= 15 is 0 Å². The molecule has 0 atom stereocenters. The Labute approximate surface area is 99.9 Å². The van der Waals surface area contributed by atoms with Crippen molar-refractivity contribution in [1.29, 1.82) is 0 Å². The lowest BCUT2D eigenvalue weighted by molar-refractivity contribution is -0.0413. The molecule has 0 saturated heterocycles. The van der Waals surface area contributed by atoms with Crippen LogP contribution in [0.15, 0.2) is 0 Å². The molecular formula is C8H19NO7S. The van der Waals surface area contributed by atoms with Gasteiger partial charge in [0.1, 0.15) is 5.88 Å². The summed E-state index contributed by atoms with van der Waals surface area (Å²) in [7, 11) is -4.36. The molecule has 9 heteroatoms. The van der Waals surface area contributed by atoms with Gasteiger partial charge in [-0.05, 0) is 6.42 Å². The summed E-state index contributed by atoms with van der Waals surface area (Å²) in [5.41, 5.74) is -1.55. The maximum Gasteiger partial charge on any atom is 0.278 e. The number of hydrogen-bond acceptors (Lipinski definition) is 7. The smallest absolute Gasteiger partial charge is 0.278 e. The van der Waals surface area contributed by atoms with E-state index in [1.807, 2.05) is 0 Å². The molecule has 0 aromatic rings. The summed E-state index contributed by atoms with van der Waals surface area (Å²) in [6.45, 7) is -2.26. The molecule has 0 saturated carbocycles. The summed E-state index contributed by atoms with van der Waals surface area (Å²) < 4.78 is 30.4. The zero-order chi connectivity index (χ0) is 13.5. The highest BCUT2D eigenvalue weighted by Gasteiger charge is 2.37. The third-order valence-corrected chi connectivity index (χ3v) is 3.10. The van der Waals surface area contributed by atoms with Crippen LogP contribution in [0.25, 0.3) is 0 Å². The molecule has 104 valence electrons. The van der Waals surface area contributed by atoms with E-state index in [1.165, 1.54) is 0 Å². The minimum Gasteiger partial charge on any atom is -0.396 e. The van der Waals surface area contributed by atoms with Crippen LogP contribution in [0.5, 0.6) is 0 Å². The number of aliphatic hydroxyl groups is 4. The molecule has 8 nitrogen and oxygen atoms in total. The van der Waals surface area contributed by atoms with Crippen LogP contribution in [0.1, 0.15) is 6.42 Å². The summed E-state index contributed by atoms with van der Waals surface area (Å²) >= 11 is 0. The van der Waals surface area contributed by atoms with Crippen molar-refractivity contribution < 1.29 is 33.4 Å². The van der Waals surface area contributed by atoms with Crippen molar-refractivity contribution in [3.63, 3.8) is 0 Å². The molecule has 0 aliphatic heterocycles. The van der Waals surface area contributed by atoms with E-state index in [0.717, 1.165) is 4.90 Å². The minimum absolute atomic E-state index is 0.00201. The van der Waals surface area contributed by atoms with Crippen molar-refractivity contribution >= 4 is 10.1 Å². The summed E-state index contributed by atoms with van der Waals surface area (Å²) in [6, 6.07) is 0. The van der Waals surface area contributed by atoms with Crippen molar-refractivity contribution in [2.75, 3.05) is 38.8 Å². The summed E-state index contributed by atoms with van der Waals surface area (Å²) in [4.78, 5) is 1.03. The van der Waals surface area contributed by atoms with Crippen LogP contribution in [0.4, 0.5) is 0 Å². The molecule has 0 unspecified atom stereocenters. The average molecular weight is 273 g/mol. The van der Waals surface area contributed by atoms with Crippen LogP contribution in [-0.4, -0.2) is 82.7 Å². The van der Waals surface area contributed by atoms with Gasteiger partial charge in [-0.15, -0.1) is 0 Å². The lowest BCUT2D eigenvalue weighted by Crippen LogP contribution is -2.58. The number of aliphatic hydroxyl groups excluding tert-OH is 4. The van der Waals surface area contributed by atoms with Crippen molar-refractivity contribution in [2.45, 2.75) is 12.0 Å². The van der Waals surface area contributed by atoms with E-state index in [9.17, 15) is 8.42 Å². The van der Waals surface area contributed by atoms with Crippen LogP contribution >= 0.6 is 0 Å². The predicted octanol–water partition coefficient (Wildman–Crippen LogP) is -2.77. The molecule has 0 amide bonds. The molecule has 17 heavy (non-hydrogen) atoms. The van der Waals surface area contributed by atoms with Crippen LogP contribution < -0.4 is 0 Å². The van der Waals surface area contributed by atoms with Crippen molar-refractivity contribution in [1.82, 2.24) is 4.90 Å². The molecule has 0 aromatic carbocycles. The van der Waals surface area contributed by atoms with Gasteiger partial charge >= 0.3 is 0 Å². The first kappa shape index (κ1) is 16.7. The Bertz CT molecular complexity index is 293. The number of nitrogens with zero attached hydrogens (tertiary/aromatic N) is 1. The largest absolute Gasteiger partial charge is 0.396 e. The first-order valence-corrected chi connectivity index (χ1v) is 6.60. The molecule has 5 N–H and O–H groups in total. The van der Waals surface area contributed by atoms with E-state index in [0.29, 0.717) is 0 Å². The zero-order valence-corrected chi connectivity index (χ0v) is 10.2. The monoisotopic (exact) mass is 273 g/mol. The summed E-state index contributed by atoms with van der Waals surface area (Å²) in [5.74, 6) is -0.839. The topological polar surface area (TPSA) is 139 Å². The van der Waals surface area contributed by atoms with Crippen LogP contribution in [0, 0.1) is 0 Å². The molecule has 0 spiro atoms. The first-order valence-electron chi connectivity index (χ1n) is 4.99. The fourth-order valence-corrected chi connectivity index (χ4v) is 2.14. The highest BCUT2D eigenvalue weighted by atomic mass is 32.2. The highest BCUT2D eigenvalue weighted by molar-refractivity contribution is 7.85. The molecule has 0 fully saturated rings. The van der Waals surface area contributed by atoms with E-state index in [1.54, 1.807) is 0 Å². The van der Waals surface area contributed by atoms with Crippen molar-refractivity contribution in [3.05, 3.63) is 0 Å². The van der Waals surface area contributed by atoms with Gasteiger partial charge in [-0.1, -0.05) is 0 Å². The number of rotatable bonds is 9. The summed E-state index contributed by atoms with van der Waals surface area (Å²) in [6.07, 6.45) is 0.178. The van der Waals surface area contributed by atoms with Gasteiger partial charge in [0.05, 0.1) is 25.4 Å². The minimum atomic E-state index is -4.36. The van der Waals surface area contributed by atoms with Crippen LogP contribution in [0.3, 0.4) is 0 Å². The molecule has 0 rings (SSSR count). The second-order valence-corrected chi connectivity index (χ2v) is 5.17. The first-order chi connectivity index (χ1) is 7.85. The molecular weight excluding hydrogens is 254 g/mol. The molecule has 0 radical (unpaired) electrons. The second-order valence-electron chi connectivity index (χ2n) is 3.75. The standard InChI is InChI=1S/C8H19NO7S/c10-3-1-2-9(7-17(14,15)16)8(4-11,5-12)6-13/h10-13H,1-7H2,(H,14,15,16). The van der Waals surface area contributed by atoms with Gasteiger partial charge < -0.3 is 20.4 Å². The Kier molecular flexibility index (Phi) is 7.09. The van der Waals surface area contributed by atoms with Crippen molar-refractivity contribution in [3.8, 4) is 0 Å². The molecule has 0 aliphatic rings. The Balaban J connectivity index is 4.98. The van der Waals surface area contributed by atoms with Gasteiger partial charge in [0.2, 0.25) is 0 Å². The molecule has 0 heterocycles.